The second-order valence-corrected chi connectivity index (χ2v) is 13.6. The summed E-state index contributed by atoms with van der Waals surface area (Å²) in [5.41, 5.74) is 0. The van der Waals surface area contributed by atoms with Crippen LogP contribution in [0.5, 0.6) is 23.0 Å². The van der Waals surface area contributed by atoms with E-state index < -0.39 is 19.7 Å². The van der Waals surface area contributed by atoms with Gasteiger partial charge in [-0.2, -0.15) is 0 Å². The van der Waals surface area contributed by atoms with E-state index in [-0.39, 0.29) is 25.3 Å². The zero-order valence-electron chi connectivity index (χ0n) is 22.8. The highest BCUT2D eigenvalue weighted by molar-refractivity contribution is 7.91. The first-order chi connectivity index (χ1) is 19.6. The van der Waals surface area contributed by atoms with E-state index in [2.05, 4.69) is 0 Å². The second-order valence-electron chi connectivity index (χ2n) is 9.67. The van der Waals surface area contributed by atoms with Crippen molar-refractivity contribution < 1.29 is 36.2 Å². The lowest BCUT2D eigenvalue weighted by atomic mass is 10.2. The van der Waals surface area contributed by atoms with Crippen molar-refractivity contribution >= 4 is 19.7 Å². The van der Waals surface area contributed by atoms with Crippen LogP contribution < -0.4 is 14.2 Å². The van der Waals surface area contributed by atoms with Crippen molar-refractivity contribution in [2.24, 2.45) is 5.92 Å². The first-order valence-electron chi connectivity index (χ1n) is 13.0. The van der Waals surface area contributed by atoms with Crippen LogP contribution in [0, 0.1) is 5.92 Å². The lowest BCUT2D eigenvalue weighted by molar-refractivity contribution is 0.247. The lowest BCUT2D eigenvalue weighted by Gasteiger charge is -2.11. The molecule has 0 bridgehead atoms. The SMILES string of the molecule is CC(C)COc1ccc(S(=O)(=O)c2ccc(OCCCOc3ccc(S(=O)(=O)c4ccc(O)cc4)cc3)cc2)cc1. The Hall–Kier alpha value is -4.02. The molecule has 8 nitrogen and oxygen atoms in total. The van der Waals surface area contributed by atoms with Gasteiger partial charge in [0, 0.05) is 6.42 Å². The summed E-state index contributed by atoms with van der Waals surface area (Å²) < 4.78 is 68.4. The molecule has 0 atom stereocenters. The first kappa shape index (κ1) is 30.0. The zero-order chi connectivity index (χ0) is 29.5. The third kappa shape index (κ3) is 7.80. The Labute approximate surface area is 241 Å². The molecule has 0 fully saturated rings. The van der Waals surface area contributed by atoms with Crippen LogP contribution in [-0.4, -0.2) is 41.8 Å². The van der Waals surface area contributed by atoms with Gasteiger partial charge in [-0.1, -0.05) is 13.8 Å². The minimum absolute atomic E-state index is 0.00762. The molecule has 0 aromatic heterocycles. The highest BCUT2D eigenvalue weighted by atomic mass is 32.2. The van der Waals surface area contributed by atoms with Crippen LogP contribution in [0.15, 0.2) is 117 Å². The third-order valence-corrected chi connectivity index (χ3v) is 9.53. The molecule has 1 N–H and O–H groups in total. The van der Waals surface area contributed by atoms with Gasteiger partial charge in [0.25, 0.3) is 0 Å². The maximum atomic E-state index is 13.0. The maximum Gasteiger partial charge on any atom is 0.206 e. The summed E-state index contributed by atoms with van der Waals surface area (Å²) in [4.78, 5) is 0.566. The van der Waals surface area contributed by atoms with E-state index in [1.54, 1.807) is 36.4 Å². The van der Waals surface area contributed by atoms with Crippen LogP contribution >= 0.6 is 0 Å². The third-order valence-electron chi connectivity index (χ3n) is 5.96. The second kappa shape index (κ2) is 13.1. The van der Waals surface area contributed by atoms with Crippen molar-refractivity contribution in [3.8, 4) is 23.0 Å². The number of sulfone groups is 2. The predicted octanol–water partition coefficient (Wildman–Crippen LogP) is 5.94. The van der Waals surface area contributed by atoms with E-state index in [0.717, 1.165) is 0 Å². The van der Waals surface area contributed by atoms with Crippen molar-refractivity contribution in [2.45, 2.75) is 39.9 Å². The van der Waals surface area contributed by atoms with Gasteiger partial charge < -0.3 is 19.3 Å². The first-order valence-corrected chi connectivity index (χ1v) is 16.0. The Morgan fingerprint density at radius 2 is 0.854 bits per heavy atom. The molecule has 0 saturated carbocycles. The van der Waals surface area contributed by atoms with Crippen molar-refractivity contribution in [3.05, 3.63) is 97.1 Å². The van der Waals surface area contributed by atoms with Gasteiger partial charge in [0.2, 0.25) is 19.7 Å². The Balaban J connectivity index is 1.24. The van der Waals surface area contributed by atoms with E-state index in [0.29, 0.717) is 49.4 Å². The smallest absolute Gasteiger partial charge is 0.206 e. The standard InChI is InChI=1S/C31H32O8S2/c1-23(2)22-39-27-10-18-31(19-11-27)41(35,36)30-16-8-26(9-17-30)38-21-3-20-37-25-6-14-29(15-7-25)40(33,34)28-12-4-24(32)5-13-28/h4-19,23,32H,3,20-22H2,1-2H3. The molecule has 4 aromatic rings. The lowest BCUT2D eigenvalue weighted by Crippen LogP contribution is -2.06. The van der Waals surface area contributed by atoms with Gasteiger partial charge in [-0.25, -0.2) is 16.8 Å². The topological polar surface area (TPSA) is 116 Å². The highest BCUT2D eigenvalue weighted by Gasteiger charge is 2.19. The van der Waals surface area contributed by atoms with E-state index in [9.17, 15) is 21.9 Å². The van der Waals surface area contributed by atoms with E-state index in [1.807, 2.05) is 13.8 Å². The fourth-order valence-corrected chi connectivity index (χ4v) is 6.27. The maximum absolute atomic E-state index is 13.0. The molecule has 0 amide bonds. The van der Waals surface area contributed by atoms with Crippen LogP contribution in [0.25, 0.3) is 0 Å². The quantitative estimate of drug-likeness (QED) is 0.189. The van der Waals surface area contributed by atoms with Gasteiger partial charge in [0.15, 0.2) is 0 Å². The molecule has 41 heavy (non-hydrogen) atoms. The van der Waals surface area contributed by atoms with Crippen LogP contribution in [0.3, 0.4) is 0 Å². The molecular formula is C31H32O8S2. The molecule has 4 aromatic carbocycles. The average Bonchev–Trinajstić information content (AvgIpc) is 2.97. The molecule has 0 saturated heterocycles. The molecule has 4 rings (SSSR count). The number of rotatable bonds is 13. The summed E-state index contributed by atoms with van der Waals surface area (Å²) in [5, 5.41) is 9.38. The summed E-state index contributed by atoms with van der Waals surface area (Å²) in [7, 11) is -7.37. The van der Waals surface area contributed by atoms with Crippen molar-refractivity contribution in [1.29, 1.82) is 0 Å². The molecule has 0 heterocycles. The number of ether oxygens (including phenoxy) is 3. The van der Waals surface area contributed by atoms with Gasteiger partial charge in [-0.3, -0.25) is 0 Å². The molecular weight excluding hydrogens is 564 g/mol. The molecule has 0 aliphatic carbocycles. The molecule has 216 valence electrons. The fraction of sp³-hybridized carbons (Fsp3) is 0.226. The number of phenols is 1. The Bertz CT molecular complexity index is 1630. The molecule has 0 spiro atoms. The van der Waals surface area contributed by atoms with Crippen LogP contribution in [-0.2, 0) is 19.7 Å². The number of hydrogen-bond acceptors (Lipinski definition) is 8. The average molecular weight is 597 g/mol. The summed E-state index contributed by atoms with van der Waals surface area (Å²) in [6.45, 7) is 5.33. The van der Waals surface area contributed by atoms with Gasteiger partial charge in [0.05, 0.1) is 39.4 Å². The largest absolute Gasteiger partial charge is 0.508 e. The molecule has 0 aliphatic heterocycles. The van der Waals surface area contributed by atoms with E-state index in [4.69, 9.17) is 14.2 Å². The summed E-state index contributed by atoms with van der Waals surface area (Å²) >= 11 is 0. The van der Waals surface area contributed by atoms with Gasteiger partial charge in [0.1, 0.15) is 23.0 Å². The highest BCUT2D eigenvalue weighted by Crippen LogP contribution is 2.26. The molecule has 0 unspecified atom stereocenters. The predicted molar refractivity (Wildman–Crippen MR) is 154 cm³/mol. The zero-order valence-corrected chi connectivity index (χ0v) is 24.4. The molecule has 10 heteroatoms. The van der Waals surface area contributed by atoms with Gasteiger partial charge in [-0.05, 0) is 103 Å². The normalized spacial score (nSPS) is 11.8. The summed E-state index contributed by atoms with van der Waals surface area (Å²) in [6, 6.07) is 24.1. The number of benzene rings is 4. The van der Waals surface area contributed by atoms with Crippen LogP contribution in [0.1, 0.15) is 20.3 Å². The van der Waals surface area contributed by atoms with Crippen LogP contribution in [0.4, 0.5) is 0 Å². The Morgan fingerprint density at radius 3 is 1.20 bits per heavy atom. The minimum Gasteiger partial charge on any atom is -0.508 e. The fourth-order valence-electron chi connectivity index (χ4n) is 3.74. The van der Waals surface area contributed by atoms with Crippen LogP contribution in [0.2, 0.25) is 0 Å². The Kier molecular flexibility index (Phi) is 9.57. The summed E-state index contributed by atoms with van der Waals surface area (Å²) in [6.07, 6.45) is 0.554. The Morgan fingerprint density at radius 1 is 0.537 bits per heavy atom. The van der Waals surface area contributed by atoms with Crippen molar-refractivity contribution in [2.75, 3.05) is 19.8 Å². The van der Waals surface area contributed by atoms with E-state index >= 15 is 0 Å². The summed E-state index contributed by atoms with van der Waals surface area (Å²) in [5.74, 6) is 2.04. The monoisotopic (exact) mass is 596 g/mol. The minimum atomic E-state index is -3.70. The van der Waals surface area contributed by atoms with Crippen molar-refractivity contribution in [3.63, 3.8) is 0 Å². The number of phenolic OH excluding ortho intramolecular Hbond substituents is 1. The molecule has 0 aliphatic rings. The number of hydrogen-bond donors (Lipinski definition) is 1. The molecule has 0 radical (unpaired) electrons. The number of aromatic hydroxyl groups is 1. The van der Waals surface area contributed by atoms with Crippen molar-refractivity contribution in [1.82, 2.24) is 0 Å². The van der Waals surface area contributed by atoms with Gasteiger partial charge >= 0.3 is 0 Å². The van der Waals surface area contributed by atoms with Gasteiger partial charge in [-0.15, -0.1) is 0 Å². The van der Waals surface area contributed by atoms with E-state index in [1.165, 1.54) is 60.7 Å².